The van der Waals surface area contributed by atoms with Crippen LogP contribution in [0.5, 0.6) is 0 Å². The van der Waals surface area contributed by atoms with Crippen LogP contribution in [0.2, 0.25) is 0 Å². The number of esters is 1. The van der Waals surface area contributed by atoms with Gasteiger partial charge in [0.2, 0.25) is 21.9 Å². The molecule has 2 aromatic heterocycles. The maximum absolute atomic E-state index is 12.7. The Morgan fingerprint density at radius 2 is 2.03 bits per heavy atom. The van der Waals surface area contributed by atoms with Crippen LogP contribution in [0.25, 0.3) is 0 Å². The molecule has 158 valence electrons. The topological polar surface area (TPSA) is 127 Å². The number of ether oxygens (including phenoxy) is 2. The van der Waals surface area contributed by atoms with Crippen molar-refractivity contribution in [1.29, 1.82) is 0 Å². The van der Waals surface area contributed by atoms with Gasteiger partial charge in [0.15, 0.2) is 5.82 Å². The Morgan fingerprint density at radius 3 is 2.69 bits per heavy atom. The number of carbonyl (C=O) groups is 1. The molecule has 29 heavy (non-hydrogen) atoms. The van der Waals surface area contributed by atoms with Gasteiger partial charge < -0.3 is 19.3 Å². The van der Waals surface area contributed by atoms with Crippen molar-refractivity contribution >= 4 is 39.2 Å². The molecular formula is C16H22N6O5S2. The summed E-state index contributed by atoms with van der Waals surface area (Å²) in [7, 11) is 0.825. The standard InChI is InChI=1S/C16H22N6O5S2/c1-21(2)15-18-12(19-16(20-15)22-5-7-27-8-6-22)10-17-29(24,25)11-4-9-28-13(11)14(23)26-3/h4,9,17H,5-8,10H2,1-3H3. The molecule has 1 saturated heterocycles. The van der Waals surface area contributed by atoms with Crippen molar-refractivity contribution in [2.45, 2.75) is 11.4 Å². The molecule has 3 rings (SSSR count). The molecule has 11 nitrogen and oxygen atoms in total. The minimum absolute atomic E-state index is 0.0126. The van der Waals surface area contributed by atoms with E-state index >= 15 is 0 Å². The van der Waals surface area contributed by atoms with E-state index in [1.807, 2.05) is 4.90 Å². The molecule has 0 atom stereocenters. The van der Waals surface area contributed by atoms with Gasteiger partial charge in [0.25, 0.3) is 0 Å². The second kappa shape index (κ2) is 8.98. The quantitative estimate of drug-likeness (QED) is 0.590. The van der Waals surface area contributed by atoms with Crippen LogP contribution in [-0.4, -0.2) is 76.8 Å². The first kappa shape index (κ1) is 21.4. The highest BCUT2D eigenvalue weighted by Gasteiger charge is 2.25. The number of nitrogens with one attached hydrogen (secondary N) is 1. The second-order valence-corrected chi connectivity index (χ2v) is 8.93. The summed E-state index contributed by atoms with van der Waals surface area (Å²) < 4.78 is 37.8. The number of morpholine rings is 1. The van der Waals surface area contributed by atoms with Gasteiger partial charge in [-0.05, 0) is 11.4 Å². The maximum Gasteiger partial charge on any atom is 0.349 e. The van der Waals surface area contributed by atoms with Crippen molar-refractivity contribution in [1.82, 2.24) is 19.7 Å². The van der Waals surface area contributed by atoms with Crippen molar-refractivity contribution in [3.05, 3.63) is 22.1 Å². The number of sulfonamides is 1. The van der Waals surface area contributed by atoms with E-state index in [0.717, 1.165) is 11.3 Å². The Balaban J connectivity index is 1.83. The third kappa shape index (κ3) is 4.98. The molecule has 1 N–H and O–H groups in total. The average molecular weight is 443 g/mol. The minimum atomic E-state index is -3.96. The van der Waals surface area contributed by atoms with Gasteiger partial charge in [-0.3, -0.25) is 0 Å². The zero-order valence-electron chi connectivity index (χ0n) is 16.3. The van der Waals surface area contributed by atoms with Crippen molar-refractivity contribution in [3.8, 4) is 0 Å². The third-order valence-corrected chi connectivity index (χ3v) is 6.53. The molecule has 1 aliphatic heterocycles. The first-order valence-electron chi connectivity index (χ1n) is 8.72. The second-order valence-electron chi connectivity index (χ2n) is 6.28. The Bertz CT molecular complexity index is 972. The molecule has 0 spiro atoms. The van der Waals surface area contributed by atoms with Gasteiger partial charge in [-0.2, -0.15) is 15.0 Å². The molecule has 0 radical (unpaired) electrons. The zero-order chi connectivity index (χ0) is 21.0. The van der Waals surface area contributed by atoms with Crippen molar-refractivity contribution in [2.75, 3.05) is 57.3 Å². The fourth-order valence-electron chi connectivity index (χ4n) is 2.57. The number of aromatic nitrogens is 3. The molecule has 0 bridgehead atoms. The van der Waals surface area contributed by atoms with Crippen LogP contribution in [0.4, 0.5) is 11.9 Å². The molecule has 0 aliphatic carbocycles. The Morgan fingerprint density at radius 1 is 1.31 bits per heavy atom. The molecule has 0 saturated carbocycles. The van der Waals surface area contributed by atoms with Crippen LogP contribution in [0.15, 0.2) is 16.3 Å². The number of carbonyl (C=O) groups excluding carboxylic acids is 1. The summed E-state index contributed by atoms with van der Waals surface area (Å²) >= 11 is 0.998. The lowest BCUT2D eigenvalue weighted by Crippen LogP contribution is -2.38. The molecule has 0 unspecified atom stereocenters. The molecule has 1 aliphatic rings. The van der Waals surface area contributed by atoms with Crippen LogP contribution < -0.4 is 14.5 Å². The van der Waals surface area contributed by atoms with Gasteiger partial charge in [0.05, 0.1) is 26.9 Å². The lowest BCUT2D eigenvalue weighted by Gasteiger charge is -2.27. The summed E-state index contributed by atoms with van der Waals surface area (Å²) in [5.74, 6) is 0.446. The predicted octanol–water partition coefficient (Wildman–Crippen LogP) is 0.101. The highest BCUT2D eigenvalue weighted by Crippen LogP contribution is 2.23. The van der Waals surface area contributed by atoms with Crippen molar-refractivity contribution < 1.29 is 22.7 Å². The molecular weight excluding hydrogens is 420 g/mol. The lowest BCUT2D eigenvalue weighted by molar-refractivity contribution is 0.0602. The van der Waals surface area contributed by atoms with E-state index in [9.17, 15) is 13.2 Å². The van der Waals surface area contributed by atoms with E-state index in [-0.39, 0.29) is 22.1 Å². The lowest BCUT2D eigenvalue weighted by atomic mass is 10.4. The normalized spacial score (nSPS) is 14.7. The number of methoxy groups -OCH3 is 1. The van der Waals surface area contributed by atoms with Gasteiger partial charge in [-0.25, -0.2) is 17.9 Å². The number of hydrogen-bond acceptors (Lipinski definition) is 11. The van der Waals surface area contributed by atoms with E-state index in [2.05, 4.69) is 24.4 Å². The van der Waals surface area contributed by atoms with Crippen molar-refractivity contribution in [2.24, 2.45) is 0 Å². The highest BCUT2D eigenvalue weighted by atomic mass is 32.2. The monoisotopic (exact) mass is 442 g/mol. The van der Waals surface area contributed by atoms with Gasteiger partial charge in [-0.1, -0.05) is 0 Å². The van der Waals surface area contributed by atoms with Crippen LogP contribution >= 0.6 is 11.3 Å². The van der Waals surface area contributed by atoms with E-state index < -0.39 is 16.0 Å². The molecule has 2 aromatic rings. The van der Waals surface area contributed by atoms with E-state index in [4.69, 9.17) is 4.74 Å². The SMILES string of the molecule is COC(=O)c1sccc1S(=O)(=O)NCc1nc(N(C)C)nc(N2CCOCC2)n1. The molecule has 0 amide bonds. The fourth-order valence-corrected chi connectivity index (χ4v) is 4.88. The average Bonchev–Trinajstić information content (AvgIpc) is 3.23. The van der Waals surface area contributed by atoms with Crippen LogP contribution in [0.1, 0.15) is 15.5 Å². The van der Waals surface area contributed by atoms with Crippen LogP contribution in [0, 0.1) is 0 Å². The Labute approximate surface area is 172 Å². The number of rotatable bonds is 7. The Hall–Kier alpha value is -2.35. The van der Waals surface area contributed by atoms with Gasteiger partial charge in [0, 0.05) is 27.2 Å². The number of nitrogens with zero attached hydrogens (tertiary/aromatic N) is 5. The largest absolute Gasteiger partial charge is 0.465 e. The van der Waals surface area contributed by atoms with Gasteiger partial charge >= 0.3 is 5.97 Å². The zero-order valence-corrected chi connectivity index (χ0v) is 17.9. The first-order chi connectivity index (χ1) is 13.8. The summed E-state index contributed by atoms with van der Waals surface area (Å²) in [4.78, 5) is 28.5. The van der Waals surface area contributed by atoms with Crippen LogP contribution in [-0.2, 0) is 26.0 Å². The smallest absolute Gasteiger partial charge is 0.349 e. The summed E-state index contributed by atoms with van der Waals surface area (Å²) in [5, 5.41) is 1.52. The molecule has 3 heterocycles. The van der Waals surface area contributed by atoms with E-state index in [1.54, 1.807) is 19.0 Å². The summed E-state index contributed by atoms with van der Waals surface area (Å²) in [6, 6.07) is 1.36. The fraction of sp³-hybridized carbons (Fsp3) is 0.500. The molecule has 1 fully saturated rings. The number of anilines is 2. The minimum Gasteiger partial charge on any atom is -0.465 e. The summed E-state index contributed by atoms with van der Waals surface area (Å²) in [6.07, 6.45) is 0. The van der Waals surface area contributed by atoms with Crippen molar-refractivity contribution in [3.63, 3.8) is 0 Å². The van der Waals surface area contributed by atoms with E-state index in [0.29, 0.717) is 38.2 Å². The van der Waals surface area contributed by atoms with Gasteiger partial charge in [-0.15, -0.1) is 11.3 Å². The predicted molar refractivity (Wildman–Crippen MR) is 107 cm³/mol. The number of thiophene rings is 1. The highest BCUT2D eigenvalue weighted by molar-refractivity contribution is 7.89. The molecule has 0 aromatic carbocycles. The first-order valence-corrected chi connectivity index (χ1v) is 11.1. The van der Waals surface area contributed by atoms with Gasteiger partial charge in [0.1, 0.15) is 9.77 Å². The summed E-state index contributed by atoms with van der Waals surface area (Å²) in [5.41, 5.74) is 0. The molecule has 13 heteroatoms. The van der Waals surface area contributed by atoms with E-state index in [1.165, 1.54) is 18.6 Å². The summed E-state index contributed by atoms with van der Waals surface area (Å²) in [6.45, 7) is 2.26. The maximum atomic E-state index is 12.7. The Kier molecular flexibility index (Phi) is 6.62. The third-order valence-electron chi connectivity index (χ3n) is 4.06. The number of hydrogen-bond donors (Lipinski definition) is 1. The van der Waals surface area contributed by atoms with Crippen LogP contribution in [0.3, 0.4) is 0 Å².